The molecule has 0 radical (unpaired) electrons. The molecule has 0 aromatic heterocycles. The van der Waals surface area contributed by atoms with E-state index < -0.39 is 0 Å². The van der Waals surface area contributed by atoms with Crippen LogP contribution >= 0.6 is 0 Å². The van der Waals surface area contributed by atoms with Crippen LogP contribution in [0, 0.1) is 6.92 Å². The minimum Gasteiger partial charge on any atom is -0.354 e. The lowest BCUT2D eigenvalue weighted by molar-refractivity contribution is -0.267. The Morgan fingerprint density at radius 3 is 2.21 bits per heavy atom. The molecule has 0 saturated carbocycles. The van der Waals surface area contributed by atoms with Gasteiger partial charge in [-0.25, -0.2) is 0 Å². The normalized spacial score (nSPS) is 21.8. The second-order valence-corrected chi connectivity index (χ2v) is 6.18. The van der Waals surface area contributed by atoms with Crippen LogP contribution in [0.1, 0.15) is 11.1 Å². The molecule has 128 valence electrons. The third-order valence-corrected chi connectivity index (χ3v) is 4.42. The van der Waals surface area contributed by atoms with Crippen LogP contribution in [0.4, 0.5) is 0 Å². The highest BCUT2D eigenvalue weighted by atomic mass is 16.8. The zero-order valence-electron chi connectivity index (χ0n) is 14.6. The van der Waals surface area contributed by atoms with E-state index >= 15 is 0 Å². The highest BCUT2D eigenvalue weighted by molar-refractivity contribution is 5.67. The Kier molecular flexibility index (Phi) is 5.63. The molecule has 1 fully saturated rings. The first-order valence-corrected chi connectivity index (χ1v) is 8.28. The van der Waals surface area contributed by atoms with Crippen LogP contribution in [0.25, 0.3) is 11.1 Å². The van der Waals surface area contributed by atoms with E-state index in [0.29, 0.717) is 0 Å². The van der Waals surface area contributed by atoms with Crippen molar-refractivity contribution in [2.75, 3.05) is 27.3 Å². The smallest absolute Gasteiger partial charge is 0.172 e. The van der Waals surface area contributed by atoms with Gasteiger partial charge in [-0.05, 0) is 23.6 Å². The highest BCUT2D eigenvalue weighted by Crippen LogP contribution is 2.26. The van der Waals surface area contributed by atoms with E-state index in [1.165, 1.54) is 22.3 Å². The maximum Gasteiger partial charge on any atom is 0.172 e. The molecule has 1 aliphatic rings. The fraction of sp³-hybridized carbons (Fsp3) is 0.400. The average molecular weight is 327 g/mol. The number of rotatable bonds is 5. The van der Waals surface area contributed by atoms with Gasteiger partial charge in [0.1, 0.15) is 0 Å². The molecule has 0 spiro atoms. The Balaban J connectivity index is 1.81. The Hall–Kier alpha value is -1.72. The molecule has 0 amide bonds. The molecule has 0 aliphatic carbocycles. The summed E-state index contributed by atoms with van der Waals surface area (Å²) in [5, 5.41) is 0. The van der Waals surface area contributed by atoms with Crippen molar-refractivity contribution >= 4 is 0 Å². The first-order valence-electron chi connectivity index (χ1n) is 8.28. The summed E-state index contributed by atoms with van der Waals surface area (Å²) in [6.45, 7) is 4.42. The number of hydrogen-bond donors (Lipinski definition) is 0. The zero-order valence-corrected chi connectivity index (χ0v) is 14.6. The van der Waals surface area contributed by atoms with E-state index in [-0.39, 0.29) is 12.6 Å². The quantitative estimate of drug-likeness (QED) is 0.842. The van der Waals surface area contributed by atoms with Crippen LogP contribution in [0.5, 0.6) is 0 Å². The second kappa shape index (κ2) is 7.90. The minimum atomic E-state index is -0.254. The lowest BCUT2D eigenvalue weighted by Crippen LogP contribution is -2.48. The summed E-state index contributed by atoms with van der Waals surface area (Å²) in [5.41, 5.74) is 5.09. The summed E-state index contributed by atoms with van der Waals surface area (Å²) >= 11 is 0. The van der Waals surface area contributed by atoms with Gasteiger partial charge in [0.15, 0.2) is 12.6 Å². The lowest BCUT2D eigenvalue weighted by Gasteiger charge is -2.36. The number of morpholine rings is 1. The zero-order chi connectivity index (χ0) is 16.9. The number of hydrogen-bond acceptors (Lipinski definition) is 4. The van der Waals surface area contributed by atoms with Gasteiger partial charge in [-0.1, -0.05) is 54.1 Å². The molecule has 2 aromatic carbocycles. The maximum atomic E-state index is 5.69. The number of benzene rings is 2. The molecule has 0 bridgehead atoms. The fourth-order valence-electron chi connectivity index (χ4n) is 3.05. The summed E-state index contributed by atoms with van der Waals surface area (Å²) in [7, 11) is 3.34. The van der Waals surface area contributed by atoms with Crippen LogP contribution in [0.15, 0.2) is 48.5 Å². The lowest BCUT2D eigenvalue weighted by atomic mass is 9.98. The maximum absolute atomic E-state index is 5.69. The van der Waals surface area contributed by atoms with Gasteiger partial charge in [0.2, 0.25) is 0 Å². The molecule has 4 heteroatoms. The van der Waals surface area contributed by atoms with Gasteiger partial charge < -0.3 is 14.2 Å². The molecule has 4 nitrogen and oxygen atoms in total. The van der Waals surface area contributed by atoms with Crippen LogP contribution in [-0.4, -0.2) is 44.8 Å². The fourth-order valence-corrected chi connectivity index (χ4v) is 3.05. The molecule has 24 heavy (non-hydrogen) atoms. The first kappa shape index (κ1) is 17.1. The van der Waals surface area contributed by atoms with Crippen molar-refractivity contribution in [1.29, 1.82) is 0 Å². The van der Waals surface area contributed by atoms with E-state index in [1.54, 1.807) is 14.2 Å². The highest BCUT2D eigenvalue weighted by Gasteiger charge is 2.28. The summed E-state index contributed by atoms with van der Waals surface area (Å²) in [6.07, 6.45) is -0.509. The third kappa shape index (κ3) is 4.02. The van der Waals surface area contributed by atoms with Gasteiger partial charge in [-0.3, -0.25) is 4.90 Å². The van der Waals surface area contributed by atoms with Gasteiger partial charge in [-0.15, -0.1) is 0 Å². The molecule has 1 saturated heterocycles. The molecular weight excluding hydrogens is 302 g/mol. The van der Waals surface area contributed by atoms with Gasteiger partial charge in [-0.2, -0.15) is 0 Å². The Bertz CT molecular complexity index is 644. The van der Waals surface area contributed by atoms with Crippen LogP contribution in [0.3, 0.4) is 0 Å². The van der Waals surface area contributed by atoms with Crippen molar-refractivity contribution in [3.63, 3.8) is 0 Å². The van der Waals surface area contributed by atoms with Gasteiger partial charge >= 0.3 is 0 Å². The third-order valence-electron chi connectivity index (χ3n) is 4.42. The monoisotopic (exact) mass is 327 g/mol. The van der Waals surface area contributed by atoms with Gasteiger partial charge in [0.25, 0.3) is 0 Å². The van der Waals surface area contributed by atoms with E-state index in [2.05, 4.69) is 60.4 Å². The summed E-state index contributed by atoms with van der Waals surface area (Å²) < 4.78 is 16.4. The molecule has 0 N–H and O–H groups in total. The molecule has 2 aromatic rings. The van der Waals surface area contributed by atoms with Crippen molar-refractivity contribution in [2.45, 2.75) is 26.0 Å². The molecular formula is C20H25NO3. The van der Waals surface area contributed by atoms with E-state index in [1.807, 2.05) is 0 Å². The standard InChI is InChI=1S/C20H25NO3/c1-15-8-10-16(11-9-15)18-7-5-4-6-17(18)12-21-13-19(22-2)24-20(14-21)23-3/h4-11,19-20H,12-14H2,1-3H3. The molecule has 3 rings (SSSR count). The van der Waals surface area contributed by atoms with Crippen LogP contribution < -0.4 is 0 Å². The Morgan fingerprint density at radius 2 is 1.58 bits per heavy atom. The SMILES string of the molecule is COC1CN(Cc2ccccc2-c2ccc(C)cc2)CC(OC)O1. The topological polar surface area (TPSA) is 30.9 Å². The number of ether oxygens (including phenoxy) is 3. The summed E-state index contributed by atoms with van der Waals surface area (Å²) in [4.78, 5) is 2.32. The van der Waals surface area contributed by atoms with Crippen LogP contribution in [0.2, 0.25) is 0 Å². The largest absolute Gasteiger partial charge is 0.354 e. The van der Waals surface area contributed by atoms with Crippen molar-refractivity contribution in [2.24, 2.45) is 0 Å². The number of aryl methyl sites for hydroxylation is 1. The van der Waals surface area contributed by atoms with Crippen molar-refractivity contribution in [3.8, 4) is 11.1 Å². The van der Waals surface area contributed by atoms with Crippen molar-refractivity contribution < 1.29 is 14.2 Å². The van der Waals surface area contributed by atoms with Gasteiger partial charge in [0, 0.05) is 20.8 Å². The predicted octanol–water partition coefficient (Wildman–Crippen LogP) is 3.44. The van der Waals surface area contributed by atoms with Crippen LogP contribution in [-0.2, 0) is 20.8 Å². The average Bonchev–Trinajstić information content (AvgIpc) is 2.62. The van der Waals surface area contributed by atoms with E-state index in [4.69, 9.17) is 14.2 Å². The summed E-state index contributed by atoms with van der Waals surface area (Å²) in [6, 6.07) is 17.2. The van der Waals surface area contributed by atoms with Crippen molar-refractivity contribution in [1.82, 2.24) is 4.90 Å². The molecule has 2 atom stereocenters. The summed E-state index contributed by atoms with van der Waals surface area (Å²) in [5.74, 6) is 0. The minimum absolute atomic E-state index is 0.254. The van der Waals surface area contributed by atoms with E-state index in [9.17, 15) is 0 Å². The second-order valence-electron chi connectivity index (χ2n) is 6.18. The molecule has 1 heterocycles. The van der Waals surface area contributed by atoms with E-state index in [0.717, 1.165) is 19.6 Å². The first-order chi connectivity index (χ1) is 11.7. The Morgan fingerprint density at radius 1 is 0.958 bits per heavy atom. The Labute approximate surface area is 144 Å². The predicted molar refractivity (Wildman–Crippen MR) is 94.6 cm³/mol. The van der Waals surface area contributed by atoms with Gasteiger partial charge in [0.05, 0.1) is 13.1 Å². The van der Waals surface area contributed by atoms with Crippen molar-refractivity contribution in [3.05, 3.63) is 59.7 Å². The number of methoxy groups -OCH3 is 2. The number of nitrogens with zero attached hydrogens (tertiary/aromatic N) is 1. The molecule has 1 aliphatic heterocycles. The molecule has 2 unspecified atom stereocenters.